The van der Waals surface area contributed by atoms with Crippen molar-refractivity contribution in [2.24, 2.45) is 0 Å². The molecule has 16 heavy (non-hydrogen) atoms. The fourth-order valence-corrected chi connectivity index (χ4v) is 1.77. The molecular weight excluding hydrogens is 280 g/mol. The second kappa shape index (κ2) is 5.53. The van der Waals surface area contributed by atoms with Gasteiger partial charge in [-0.3, -0.25) is 4.98 Å². The molecule has 0 aromatic carbocycles. The maximum absolute atomic E-state index is 12.6. The number of alkyl halides is 3. The standard InChI is InChI=1S/C10H6BrF2N3/c11-3-9-6(1-2-14)7(4-15)8(5-16-9)10(12)13/h5,10H,1,3H2. The first-order valence-electron chi connectivity index (χ1n) is 4.27. The Hall–Kier alpha value is -1.53. The smallest absolute Gasteiger partial charge is 0.259 e. The van der Waals surface area contributed by atoms with Gasteiger partial charge in [0, 0.05) is 17.1 Å². The van der Waals surface area contributed by atoms with Gasteiger partial charge in [0.1, 0.15) is 6.07 Å². The van der Waals surface area contributed by atoms with Gasteiger partial charge in [0.2, 0.25) is 0 Å². The van der Waals surface area contributed by atoms with Crippen LogP contribution in [-0.2, 0) is 11.8 Å². The van der Waals surface area contributed by atoms with Crippen molar-refractivity contribution in [3.05, 3.63) is 28.6 Å². The van der Waals surface area contributed by atoms with Crippen molar-refractivity contribution in [2.45, 2.75) is 18.2 Å². The van der Waals surface area contributed by atoms with Crippen LogP contribution < -0.4 is 0 Å². The average Bonchev–Trinajstić information content (AvgIpc) is 2.28. The summed E-state index contributed by atoms with van der Waals surface area (Å²) in [7, 11) is 0. The second-order valence-corrected chi connectivity index (χ2v) is 3.46. The Morgan fingerprint density at radius 1 is 1.44 bits per heavy atom. The number of rotatable bonds is 3. The average molecular weight is 286 g/mol. The maximum atomic E-state index is 12.6. The summed E-state index contributed by atoms with van der Waals surface area (Å²) in [4.78, 5) is 3.82. The lowest BCUT2D eigenvalue weighted by Crippen LogP contribution is -2.04. The highest BCUT2D eigenvalue weighted by Gasteiger charge is 2.19. The van der Waals surface area contributed by atoms with Crippen molar-refractivity contribution in [1.82, 2.24) is 4.98 Å². The van der Waals surface area contributed by atoms with E-state index in [2.05, 4.69) is 20.9 Å². The quantitative estimate of drug-likeness (QED) is 0.803. The van der Waals surface area contributed by atoms with Crippen LogP contribution >= 0.6 is 15.9 Å². The van der Waals surface area contributed by atoms with Crippen LogP contribution in [0.4, 0.5) is 8.78 Å². The molecule has 1 aromatic heterocycles. The molecule has 0 atom stereocenters. The molecule has 1 aromatic rings. The van der Waals surface area contributed by atoms with E-state index in [0.717, 1.165) is 6.20 Å². The van der Waals surface area contributed by atoms with E-state index in [-0.39, 0.29) is 17.5 Å². The van der Waals surface area contributed by atoms with Gasteiger partial charge in [-0.2, -0.15) is 10.5 Å². The molecule has 0 aliphatic carbocycles. The highest BCUT2D eigenvalue weighted by molar-refractivity contribution is 9.08. The van der Waals surface area contributed by atoms with Crippen molar-refractivity contribution < 1.29 is 8.78 Å². The van der Waals surface area contributed by atoms with E-state index in [9.17, 15) is 8.78 Å². The first-order chi connectivity index (χ1) is 7.65. The zero-order chi connectivity index (χ0) is 12.1. The molecule has 0 aliphatic rings. The zero-order valence-corrected chi connectivity index (χ0v) is 9.63. The third-order valence-electron chi connectivity index (χ3n) is 2.03. The molecule has 0 unspecified atom stereocenters. The molecule has 0 spiro atoms. The number of halogens is 3. The lowest BCUT2D eigenvalue weighted by Gasteiger charge is -2.09. The molecule has 0 fully saturated rings. The summed E-state index contributed by atoms with van der Waals surface area (Å²) in [6.45, 7) is 0. The number of hydrogen-bond acceptors (Lipinski definition) is 3. The largest absolute Gasteiger partial charge is 0.266 e. The van der Waals surface area contributed by atoms with E-state index < -0.39 is 12.0 Å². The van der Waals surface area contributed by atoms with E-state index in [1.165, 1.54) is 0 Å². The highest BCUT2D eigenvalue weighted by atomic mass is 79.9. The van der Waals surface area contributed by atoms with Crippen molar-refractivity contribution in [3.63, 3.8) is 0 Å². The summed E-state index contributed by atoms with van der Waals surface area (Å²) >= 11 is 3.13. The van der Waals surface area contributed by atoms with Crippen molar-refractivity contribution in [3.8, 4) is 12.1 Å². The normalized spacial score (nSPS) is 9.88. The van der Waals surface area contributed by atoms with Gasteiger partial charge in [-0.05, 0) is 0 Å². The molecule has 0 radical (unpaired) electrons. The van der Waals surface area contributed by atoms with Gasteiger partial charge < -0.3 is 0 Å². The number of pyridine rings is 1. The lowest BCUT2D eigenvalue weighted by atomic mass is 10.0. The summed E-state index contributed by atoms with van der Waals surface area (Å²) in [5.74, 6) is 0. The minimum absolute atomic E-state index is 0.0998. The third-order valence-corrected chi connectivity index (χ3v) is 2.56. The van der Waals surface area contributed by atoms with Gasteiger partial charge >= 0.3 is 0 Å². The Kier molecular flexibility index (Phi) is 4.33. The highest BCUT2D eigenvalue weighted by Crippen LogP contribution is 2.26. The van der Waals surface area contributed by atoms with Crippen LogP contribution in [0.5, 0.6) is 0 Å². The van der Waals surface area contributed by atoms with Crippen LogP contribution in [-0.4, -0.2) is 4.98 Å². The minimum Gasteiger partial charge on any atom is -0.259 e. The Bertz CT molecular complexity index is 474. The number of hydrogen-bond donors (Lipinski definition) is 0. The van der Waals surface area contributed by atoms with Crippen molar-refractivity contribution >= 4 is 15.9 Å². The van der Waals surface area contributed by atoms with Crippen LogP contribution in [0.1, 0.15) is 28.8 Å². The molecule has 6 heteroatoms. The van der Waals surface area contributed by atoms with E-state index in [0.29, 0.717) is 11.0 Å². The summed E-state index contributed by atoms with van der Waals surface area (Å²) in [5, 5.41) is 17.8. The van der Waals surface area contributed by atoms with Crippen LogP contribution in [0.15, 0.2) is 6.20 Å². The van der Waals surface area contributed by atoms with Crippen LogP contribution in [0.25, 0.3) is 0 Å². The summed E-state index contributed by atoms with van der Waals surface area (Å²) in [6.07, 6.45) is -1.87. The molecule has 82 valence electrons. The van der Waals surface area contributed by atoms with E-state index in [1.807, 2.05) is 6.07 Å². The number of aromatic nitrogens is 1. The number of nitrogens with zero attached hydrogens (tertiary/aromatic N) is 3. The van der Waals surface area contributed by atoms with Gasteiger partial charge in [-0.1, -0.05) is 15.9 Å². The molecule has 0 aliphatic heterocycles. The second-order valence-electron chi connectivity index (χ2n) is 2.89. The molecule has 1 rings (SSSR count). The first-order valence-corrected chi connectivity index (χ1v) is 5.39. The number of nitriles is 2. The zero-order valence-electron chi connectivity index (χ0n) is 8.04. The Morgan fingerprint density at radius 2 is 2.12 bits per heavy atom. The van der Waals surface area contributed by atoms with Crippen LogP contribution in [0, 0.1) is 22.7 Å². The fourth-order valence-electron chi connectivity index (χ4n) is 1.29. The van der Waals surface area contributed by atoms with Crippen molar-refractivity contribution in [2.75, 3.05) is 0 Å². The fraction of sp³-hybridized carbons (Fsp3) is 0.300. The van der Waals surface area contributed by atoms with Gasteiger partial charge in [-0.15, -0.1) is 0 Å². The topological polar surface area (TPSA) is 60.5 Å². The molecule has 3 nitrogen and oxygen atoms in total. The predicted molar refractivity (Wildman–Crippen MR) is 55.9 cm³/mol. The van der Waals surface area contributed by atoms with Gasteiger partial charge in [-0.25, -0.2) is 8.78 Å². The predicted octanol–water partition coefficient (Wildman–Crippen LogP) is 2.85. The van der Waals surface area contributed by atoms with E-state index >= 15 is 0 Å². The Morgan fingerprint density at radius 3 is 2.56 bits per heavy atom. The molecule has 0 amide bonds. The molecule has 0 saturated carbocycles. The Balaban J connectivity index is 3.46. The lowest BCUT2D eigenvalue weighted by molar-refractivity contribution is 0.150. The minimum atomic E-state index is -2.76. The summed E-state index contributed by atoms with van der Waals surface area (Å²) in [5.41, 5.74) is 0.167. The van der Waals surface area contributed by atoms with E-state index in [4.69, 9.17) is 10.5 Å². The third kappa shape index (κ3) is 2.34. The van der Waals surface area contributed by atoms with Gasteiger partial charge in [0.05, 0.1) is 29.3 Å². The van der Waals surface area contributed by atoms with Gasteiger partial charge in [0.15, 0.2) is 0 Å². The SMILES string of the molecule is N#CCc1c(CBr)ncc(C(F)F)c1C#N. The van der Waals surface area contributed by atoms with Gasteiger partial charge in [0.25, 0.3) is 6.43 Å². The molecule has 1 heterocycles. The van der Waals surface area contributed by atoms with Crippen molar-refractivity contribution in [1.29, 1.82) is 10.5 Å². The monoisotopic (exact) mass is 285 g/mol. The van der Waals surface area contributed by atoms with Crippen LogP contribution in [0.2, 0.25) is 0 Å². The summed E-state index contributed by atoms with van der Waals surface area (Å²) < 4.78 is 25.2. The molecule has 0 saturated heterocycles. The molecular formula is C10H6BrF2N3. The van der Waals surface area contributed by atoms with Crippen LogP contribution in [0.3, 0.4) is 0 Å². The maximum Gasteiger partial charge on any atom is 0.266 e. The molecule has 0 bridgehead atoms. The Labute approximate surface area is 99.5 Å². The van der Waals surface area contributed by atoms with E-state index in [1.54, 1.807) is 6.07 Å². The first kappa shape index (κ1) is 12.5. The molecule has 0 N–H and O–H groups in total. The summed E-state index contributed by atoms with van der Waals surface area (Å²) in [6, 6.07) is 3.56.